The molecule has 0 bridgehead atoms. The van der Waals surface area contributed by atoms with E-state index in [4.69, 9.17) is 16.0 Å². The number of hydrogen-bond acceptors (Lipinski definition) is 4. The summed E-state index contributed by atoms with van der Waals surface area (Å²) in [5, 5.41) is 14.6. The molecular weight excluding hydrogens is 354 g/mol. The average molecular weight is 368 g/mol. The van der Waals surface area contributed by atoms with Crippen LogP contribution in [0.15, 0.2) is 65.5 Å². The van der Waals surface area contributed by atoms with Gasteiger partial charge in [-0.05, 0) is 36.4 Å². The second kappa shape index (κ2) is 6.89. The molecule has 0 spiro atoms. The van der Waals surface area contributed by atoms with Crippen molar-refractivity contribution >= 4 is 17.5 Å². The molecule has 0 unspecified atom stereocenters. The molecule has 7 nitrogen and oxygen atoms in total. The van der Waals surface area contributed by atoms with E-state index in [1.165, 1.54) is 0 Å². The number of nitrogens with zero attached hydrogens (tertiary/aromatic N) is 3. The molecule has 0 saturated carbocycles. The van der Waals surface area contributed by atoms with Crippen molar-refractivity contribution in [3.05, 3.63) is 77.4 Å². The monoisotopic (exact) mass is 367 g/mol. The lowest BCUT2D eigenvalue weighted by Gasteiger charge is -2.01. The second-order valence-electron chi connectivity index (χ2n) is 5.60. The van der Waals surface area contributed by atoms with Gasteiger partial charge in [0.25, 0.3) is 5.91 Å². The van der Waals surface area contributed by atoms with E-state index >= 15 is 0 Å². The number of nitrogens with one attached hydrogen (secondary N) is 2. The van der Waals surface area contributed by atoms with E-state index in [0.717, 1.165) is 11.3 Å². The van der Waals surface area contributed by atoms with Gasteiger partial charge in [-0.3, -0.25) is 9.89 Å². The average Bonchev–Trinajstić information content (AvgIpc) is 3.41. The van der Waals surface area contributed by atoms with E-state index in [0.29, 0.717) is 28.7 Å². The number of aromatic nitrogens is 4. The van der Waals surface area contributed by atoms with Crippen LogP contribution in [0.4, 0.5) is 0 Å². The van der Waals surface area contributed by atoms with Crippen LogP contribution < -0.4 is 5.32 Å². The molecule has 2 N–H and O–H groups in total. The normalized spacial score (nSPS) is 10.8. The minimum atomic E-state index is -0.279. The first-order valence-corrected chi connectivity index (χ1v) is 8.24. The Bertz CT molecular complexity index is 1020. The summed E-state index contributed by atoms with van der Waals surface area (Å²) in [7, 11) is 0. The molecule has 0 fully saturated rings. The first kappa shape index (κ1) is 16.2. The van der Waals surface area contributed by atoms with Crippen molar-refractivity contribution < 1.29 is 9.21 Å². The van der Waals surface area contributed by atoms with Crippen molar-refractivity contribution in [2.24, 2.45) is 0 Å². The summed E-state index contributed by atoms with van der Waals surface area (Å²) >= 11 is 5.89. The van der Waals surface area contributed by atoms with Crippen LogP contribution in [-0.2, 0) is 6.54 Å². The molecular formula is C18H14ClN5O2. The summed E-state index contributed by atoms with van der Waals surface area (Å²) in [5.41, 5.74) is 2.70. The molecule has 26 heavy (non-hydrogen) atoms. The van der Waals surface area contributed by atoms with Gasteiger partial charge in [0, 0.05) is 29.4 Å². The second-order valence-corrected chi connectivity index (χ2v) is 6.03. The number of furan rings is 1. The summed E-state index contributed by atoms with van der Waals surface area (Å²) in [5.74, 6) is 0.346. The summed E-state index contributed by atoms with van der Waals surface area (Å²) in [6.07, 6.45) is 5.12. The van der Waals surface area contributed by atoms with Crippen molar-refractivity contribution in [2.45, 2.75) is 6.54 Å². The number of benzene rings is 1. The zero-order valence-corrected chi connectivity index (χ0v) is 14.3. The maximum atomic E-state index is 12.2. The Hall–Kier alpha value is -3.32. The van der Waals surface area contributed by atoms with Gasteiger partial charge in [0.1, 0.15) is 5.69 Å². The van der Waals surface area contributed by atoms with Crippen LogP contribution in [0.2, 0.25) is 5.02 Å². The number of aromatic amines is 1. The molecule has 8 heteroatoms. The lowest BCUT2D eigenvalue weighted by atomic mass is 10.3. The number of carbonyl (C=O) groups is 1. The highest BCUT2D eigenvalue weighted by molar-refractivity contribution is 6.30. The smallest absolute Gasteiger partial charge is 0.272 e. The Morgan fingerprint density at radius 3 is 2.88 bits per heavy atom. The highest BCUT2D eigenvalue weighted by Gasteiger charge is 2.13. The zero-order chi connectivity index (χ0) is 17.9. The van der Waals surface area contributed by atoms with E-state index < -0.39 is 0 Å². The molecule has 0 aliphatic heterocycles. The topological polar surface area (TPSA) is 88.7 Å². The Labute approximate surface area is 153 Å². The minimum Gasteiger partial charge on any atom is -0.463 e. The van der Waals surface area contributed by atoms with E-state index in [1.807, 2.05) is 18.3 Å². The SMILES string of the molecule is O=C(NCc1cnn(-c2ccc(Cl)cc2)c1)c1cc(-c2ccco2)[nH]n1. The third kappa shape index (κ3) is 3.38. The molecule has 0 aliphatic rings. The number of carbonyl (C=O) groups excluding carboxylic acids is 1. The van der Waals surface area contributed by atoms with Gasteiger partial charge in [0.05, 0.1) is 18.1 Å². The first-order chi connectivity index (χ1) is 12.7. The minimum absolute atomic E-state index is 0.279. The Morgan fingerprint density at radius 2 is 2.12 bits per heavy atom. The van der Waals surface area contributed by atoms with Gasteiger partial charge < -0.3 is 9.73 Å². The fourth-order valence-corrected chi connectivity index (χ4v) is 2.58. The highest BCUT2D eigenvalue weighted by Crippen LogP contribution is 2.18. The summed E-state index contributed by atoms with van der Waals surface area (Å²) in [4.78, 5) is 12.2. The fourth-order valence-electron chi connectivity index (χ4n) is 2.46. The third-order valence-corrected chi connectivity index (χ3v) is 4.03. The van der Waals surface area contributed by atoms with Gasteiger partial charge in [-0.15, -0.1) is 0 Å². The van der Waals surface area contributed by atoms with Crippen LogP contribution in [0.1, 0.15) is 16.1 Å². The maximum Gasteiger partial charge on any atom is 0.272 e. The lowest BCUT2D eigenvalue weighted by Crippen LogP contribution is -2.22. The predicted octanol–water partition coefficient (Wildman–Crippen LogP) is 3.44. The molecule has 3 heterocycles. The number of amides is 1. The molecule has 4 rings (SSSR count). The maximum absolute atomic E-state index is 12.2. The van der Waals surface area contributed by atoms with Crippen molar-refractivity contribution in [2.75, 3.05) is 0 Å². The van der Waals surface area contributed by atoms with E-state index in [-0.39, 0.29) is 5.91 Å². The van der Waals surface area contributed by atoms with Crippen LogP contribution in [0, 0.1) is 0 Å². The molecule has 0 saturated heterocycles. The van der Waals surface area contributed by atoms with Gasteiger partial charge in [-0.25, -0.2) is 4.68 Å². The van der Waals surface area contributed by atoms with E-state index in [1.54, 1.807) is 47.5 Å². The molecule has 130 valence electrons. The zero-order valence-electron chi connectivity index (χ0n) is 13.5. The van der Waals surface area contributed by atoms with Gasteiger partial charge in [-0.1, -0.05) is 11.6 Å². The van der Waals surface area contributed by atoms with E-state index in [2.05, 4.69) is 20.6 Å². The first-order valence-electron chi connectivity index (χ1n) is 7.86. The summed E-state index contributed by atoms with van der Waals surface area (Å²) < 4.78 is 7.00. The van der Waals surface area contributed by atoms with Crippen molar-refractivity contribution in [1.29, 1.82) is 0 Å². The van der Waals surface area contributed by atoms with Crippen LogP contribution in [0.3, 0.4) is 0 Å². The van der Waals surface area contributed by atoms with Crippen LogP contribution in [-0.4, -0.2) is 25.9 Å². The molecule has 1 amide bonds. The van der Waals surface area contributed by atoms with Gasteiger partial charge in [-0.2, -0.15) is 10.2 Å². The Morgan fingerprint density at radius 1 is 1.27 bits per heavy atom. The fraction of sp³-hybridized carbons (Fsp3) is 0.0556. The highest BCUT2D eigenvalue weighted by atomic mass is 35.5. The Kier molecular flexibility index (Phi) is 4.28. The van der Waals surface area contributed by atoms with Gasteiger partial charge in [0.2, 0.25) is 0 Å². The van der Waals surface area contributed by atoms with Crippen molar-refractivity contribution in [3.63, 3.8) is 0 Å². The molecule has 0 atom stereocenters. The number of H-pyrrole nitrogens is 1. The van der Waals surface area contributed by atoms with Crippen LogP contribution in [0.5, 0.6) is 0 Å². The molecule has 4 aromatic rings. The molecule has 0 radical (unpaired) electrons. The van der Waals surface area contributed by atoms with Gasteiger partial charge in [0.15, 0.2) is 11.5 Å². The molecule has 0 aliphatic carbocycles. The number of rotatable bonds is 5. The van der Waals surface area contributed by atoms with Crippen LogP contribution >= 0.6 is 11.6 Å². The lowest BCUT2D eigenvalue weighted by molar-refractivity contribution is 0.0946. The van der Waals surface area contributed by atoms with Gasteiger partial charge >= 0.3 is 0 Å². The largest absolute Gasteiger partial charge is 0.463 e. The Balaban J connectivity index is 1.40. The quantitative estimate of drug-likeness (QED) is 0.565. The summed E-state index contributed by atoms with van der Waals surface area (Å²) in [6.45, 7) is 0.343. The molecule has 1 aromatic carbocycles. The van der Waals surface area contributed by atoms with Crippen molar-refractivity contribution in [3.8, 4) is 17.1 Å². The standard InChI is InChI=1S/C18H14ClN5O2/c19-13-3-5-14(6-4-13)24-11-12(10-21-24)9-20-18(25)16-8-15(22-23-16)17-2-1-7-26-17/h1-8,10-11H,9H2,(H,20,25)(H,22,23). The predicted molar refractivity (Wildman–Crippen MR) is 96.0 cm³/mol. The molecule has 3 aromatic heterocycles. The van der Waals surface area contributed by atoms with Crippen molar-refractivity contribution in [1.82, 2.24) is 25.3 Å². The number of halogens is 1. The third-order valence-electron chi connectivity index (χ3n) is 3.78. The van der Waals surface area contributed by atoms with E-state index in [9.17, 15) is 4.79 Å². The van der Waals surface area contributed by atoms with Crippen LogP contribution in [0.25, 0.3) is 17.1 Å². The number of hydrogen-bond donors (Lipinski definition) is 2. The summed E-state index contributed by atoms with van der Waals surface area (Å²) in [6, 6.07) is 12.6.